The molecule has 0 spiro atoms. The Kier molecular flexibility index (Phi) is 4.47. The highest BCUT2D eigenvalue weighted by Gasteiger charge is 2.11. The molecule has 0 saturated carbocycles. The monoisotopic (exact) mass is 322 g/mol. The highest BCUT2D eigenvalue weighted by molar-refractivity contribution is 9.13. The molecule has 1 rings (SSSR count). The zero-order chi connectivity index (χ0) is 9.84. The fourth-order valence-electron chi connectivity index (χ4n) is 0.890. The maximum Gasteiger partial charge on any atom is 0.0891 e. The molecule has 0 bridgehead atoms. The Bertz CT molecular complexity index is 307. The van der Waals surface area contributed by atoms with Crippen LogP contribution < -0.4 is 0 Å². The number of terminal acetylenes is 1. The Morgan fingerprint density at radius 2 is 2.31 bits per heavy atom. The Morgan fingerprint density at radius 3 is 2.77 bits per heavy atom. The molecule has 13 heavy (non-hydrogen) atoms. The number of halogens is 2. The van der Waals surface area contributed by atoms with Gasteiger partial charge in [0.2, 0.25) is 0 Å². The van der Waals surface area contributed by atoms with E-state index in [1.54, 1.807) is 0 Å². The van der Waals surface area contributed by atoms with Gasteiger partial charge in [0.15, 0.2) is 0 Å². The average Bonchev–Trinajstić information content (AvgIpc) is 2.43. The van der Waals surface area contributed by atoms with E-state index >= 15 is 0 Å². The summed E-state index contributed by atoms with van der Waals surface area (Å²) in [5.74, 6) is 2.51. The van der Waals surface area contributed by atoms with Crippen LogP contribution in [0.5, 0.6) is 0 Å². The van der Waals surface area contributed by atoms with Crippen LogP contribution in [-0.2, 0) is 0 Å². The van der Waals surface area contributed by atoms with Crippen LogP contribution >= 0.6 is 43.2 Å². The molecule has 0 aromatic carbocycles. The summed E-state index contributed by atoms with van der Waals surface area (Å²) in [7, 11) is 0. The predicted molar refractivity (Wildman–Crippen MR) is 62.7 cm³/mol. The largest absolute Gasteiger partial charge is 0.388 e. The van der Waals surface area contributed by atoms with Crippen LogP contribution in [0.3, 0.4) is 0 Å². The van der Waals surface area contributed by atoms with E-state index in [-0.39, 0.29) is 0 Å². The molecule has 0 fully saturated rings. The molecule has 4 heteroatoms. The number of aliphatic hydroxyl groups excluding tert-OH is 1. The van der Waals surface area contributed by atoms with Crippen LogP contribution in [0.15, 0.2) is 14.3 Å². The second-order valence-electron chi connectivity index (χ2n) is 2.53. The second-order valence-corrected chi connectivity index (χ2v) is 5.79. The minimum absolute atomic E-state index is 0.441. The first-order valence-corrected chi connectivity index (χ1v) is 6.11. The molecule has 1 heterocycles. The van der Waals surface area contributed by atoms with Crippen molar-refractivity contribution in [1.82, 2.24) is 0 Å². The predicted octanol–water partition coefficient (Wildman–Crippen LogP) is 3.72. The van der Waals surface area contributed by atoms with Gasteiger partial charge in [0.05, 0.1) is 9.89 Å². The SMILES string of the molecule is C#CCCC(O)c1cc(Br)c(Br)s1. The number of hydrogen-bond acceptors (Lipinski definition) is 2. The van der Waals surface area contributed by atoms with Gasteiger partial charge in [-0.05, 0) is 44.3 Å². The van der Waals surface area contributed by atoms with Crippen molar-refractivity contribution in [2.45, 2.75) is 18.9 Å². The fourth-order valence-corrected chi connectivity index (χ4v) is 3.00. The second kappa shape index (κ2) is 5.16. The van der Waals surface area contributed by atoms with Crippen molar-refractivity contribution in [3.8, 4) is 12.3 Å². The molecular weight excluding hydrogens is 316 g/mol. The third-order valence-electron chi connectivity index (χ3n) is 1.55. The molecule has 0 radical (unpaired) electrons. The normalized spacial score (nSPS) is 12.5. The minimum atomic E-state index is -0.441. The first-order valence-electron chi connectivity index (χ1n) is 3.71. The van der Waals surface area contributed by atoms with E-state index in [0.29, 0.717) is 12.8 Å². The van der Waals surface area contributed by atoms with E-state index in [2.05, 4.69) is 37.8 Å². The topological polar surface area (TPSA) is 20.2 Å². The summed E-state index contributed by atoms with van der Waals surface area (Å²) in [5, 5.41) is 9.66. The summed E-state index contributed by atoms with van der Waals surface area (Å²) in [6.07, 6.45) is 5.90. The molecule has 0 aliphatic heterocycles. The number of aliphatic hydroxyl groups is 1. The van der Waals surface area contributed by atoms with Crippen LogP contribution in [-0.4, -0.2) is 5.11 Å². The summed E-state index contributed by atoms with van der Waals surface area (Å²) in [5.41, 5.74) is 0. The fraction of sp³-hybridized carbons (Fsp3) is 0.333. The highest BCUT2D eigenvalue weighted by Crippen LogP contribution is 2.36. The number of hydrogen-bond donors (Lipinski definition) is 1. The maximum atomic E-state index is 9.66. The summed E-state index contributed by atoms with van der Waals surface area (Å²) in [6, 6.07) is 1.91. The standard InChI is InChI=1S/C9H8Br2OS/c1-2-3-4-7(12)8-5-6(10)9(11)13-8/h1,5,7,12H,3-4H2. The lowest BCUT2D eigenvalue weighted by molar-refractivity contribution is 0.173. The molecule has 1 aromatic rings. The van der Waals surface area contributed by atoms with E-state index < -0.39 is 6.10 Å². The molecule has 70 valence electrons. The summed E-state index contributed by atoms with van der Waals surface area (Å²) in [4.78, 5) is 0.939. The van der Waals surface area contributed by atoms with Crippen molar-refractivity contribution >= 4 is 43.2 Å². The van der Waals surface area contributed by atoms with Crippen molar-refractivity contribution < 1.29 is 5.11 Å². The van der Waals surface area contributed by atoms with Gasteiger partial charge in [-0.3, -0.25) is 0 Å². The van der Waals surface area contributed by atoms with E-state index in [1.165, 1.54) is 11.3 Å². The van der Waals surface area contributed by atoms with Crippen molar-refractivity contribution in [1.29, 1.82) is 0 Å². The first kappa shape index (κ1) is 11.3. The highest BCUT2D eigenvalue weighted by atomic mass is 79.9. The molecule has 1 nitrogen and oxygen atoms in total. The molecule has 0 aliphatic rings. The molecule has 1 atom stereocenters. The van der Waals surface area contributed by atoms with Crippen LogP contribution in [0, 0.1) is 12.3 Å². The molecule has 0 saturated heterocycles. The maximum absolute atomic E-state index is 9.66. The van der Waals surface area contributed by atoms with Crippen LogP contribution in [0.2, 0.25) is 0 Å². The lowest BCUT2D eigenvalue weighted by atomic mass is 10.2. The van der Waals surface area contributed by atoms with Gasteiger partial charge in [0, 0.05) is 15.8 Å². The van der Waals surface area contributed by atoms with E-state index in [1.807, 2.05) is 6.07 Å². The van der Waals surface area contributed by atoms with Gasteiger partial charge in [-0.25, -0.2) is 0 Å². The van der Waals surface area contributed by atoms with Crippen LogP contribution in [0.4, 0.5) is 0 Å². The van der Waals surface area contributed by atoms with E-state index in [9.17, 15) is 5.11 Å². The zero-order valence-electron chi connectivity index (χ0n) is 6.76. The Labute approximate surface area is 98.4 Å². The zero-order valence-corrected chi connectivity index (χ0v) is 10.7. The minimum Gasteiger partial charge on any atom is -0.388 e. The van der Waals surface area contributed by atoms with Crippen molar-refractivity contribution in [3.05, 3.63) is 19.2 Å². The molecule has 0 amide bonds. The van der Waals surface area contributed by atoms with Gasteiger partial charge < -0.3 is 5.11 Å². The Balaban J connectivity index is 2.67. The van der Waals surface area contributed by atoms with Crippen LogP contribution in [0.1, 0.15) is 23.8 Å². The quantitative estimate of drug-likeness (QED) is 0.840. The lowest BCUT2D eigenvalue weighted by Crippen LogP contribution is -1.92. The number of thiophene rings is 1. The van der Waals surface area contributed by atoms with Gasteiger partial charge in [-0.2, -0.15) is 0 Å². The van der Waals surface area contributed by atoms with Crippen LogP contribution in [0.25, 0.3) is 0 Å². The van der Waals surface area contributed by atoms with Crippen molar-refractivity contribution in [2.24, 2.45) is 0 Å². The Morgan fingerprint density at radius 1 is 1.62 bits per heavy atom. The van der Waals surface area contributed by atoms with E-state index in [0.717, 1.165) is 13.1 Å². The van der Waals surface area contributed by atoms with Gasteiger partial charge in [0.1, 0.15) is 0 Å². The first-order chi connectivity index (χ1) is 6.15. The lowest BCUT2D eigenvalue weighted by Gasteiger charge is -2.04. The Hall–Kier alpha value is 0.180. The van der Waals surface area contributed by atoms with Crippen molar-refractivity contribution in [3.63, 3.8) is 0 Å². The average molecular weight is 324 g/mol. The smallest absolute Gasteiger partial charge is 0.0891 e. The van der Waals surface area contributed by atoms with Gasteiger partial charge in [-0.1, -0.05) is 0 Å². The molecule has 1 aromatic heterocycles. The third kappa shape index (κ3) is 3.10. The number of rotatable bonds is 3. The summed E-state index contributed by atoms with van der Waals surface area (Å²) in [6.45, 7) is 0. The van der Waals surface area contributed by atoms with Crippen molar-refractivity contribution in [2.75, 3.05) is 0 Å². The molecule has 1 unspecified atom stereocenters. The van der Waals surface area contributed by atoms with Gasteiger partial charge in [-0.15, -0.1) is 23.7 Å². The summed E-state index contributed by atoms with van der Waals surface area (Å²) >= 11 is 8.26. The van der Waals surface area contributed by atoms with Gasteiger partial charge >= 0.3 is 0 Å². The third-order valence-corrected chi connectivity index (χ3v) is 4.91. The van der Waals surface area contributed by atoms with E-state index in [4.69, 9.17) is 6.42 Å². The summed E-state index contributed by atoms with van der Waals surface area (Å²) < 4.78 is 1.98. The molecule has 0 aliphatic carbocycles. The molecular formula is C9H8Br2OS. The molecule has 1 N–H and O–H groups in total. The van der Waals surface area contributed by atoms with Gasteiger partial charge in [0.25, 0.3) is 0 Å².